The number of aryl methyl sites for hydroxylation is 1. The maximum atomic E-state index is 14.1. The molecule has 0 aliphatic carbocycles. The van der Waals surface area contributed by atoms with E-state index < -0.39 is 24.2 Å². The summed E-state index contributed by atoms with van der Waals surface area (Å²) in [6, 6.07) is 7.13. The van der Waals surface area contributed by atoms with Crippen molar-refractivity contribution in [2.75, 3.05) is 27.8 Å². The minimum Gasteiger partial charge on any atom is -0.379 e. The number of carbonyl (C=O) groups is 3. The number of hydrogen-bond acceptors (Lipinski definition) is 8. The Morgan fingerprint density at radius 2 is 1.76 bits per heavy atom. The lowest BCUT2D eigenvalue weighted by Gasteiger charge is -2.40. The highest BCUT2D eigenvalue weighted by Gasteiger charge is 2.42. The molecule has 3 N–H and O–H groups in total. The number of amides is 3. The minimum absolute atomic E-state index is 0.0144. The van der Waals surface area contributed by atoms with Crippen molar-refractivity contribution >= 4 is 29.1 Å². The molecule has 1 saturated heterocycles. The third-order valence-electron chi connectivity index (χ3n) is 10.6. The first-order valence-corrected chi connectivity index (χ1v) is 19.4. The van der Waals surface area contributed by atoms with E-state index in [1.165, 1.54) is 16.9 Å². The molecule has 1 fully saturated rings. The standard InChI is InChI=1S/C39H63N5O5S/c1-10-12-14-28-16-18-29(19-17-28)23-30(38-41-20-22-50-38)42-37(46)27(6)36(49-9)31-15-13-21-44(31)33(45)24-32(48-8)35(26(5)11-2)43(7)39(47)34(40)25(3)4/h16-20,22,25-27,30-32,34-36H,10-15,21,23-24,40H2,1-9H3,(H,42,46)/t26-,27+,30-,31-,32+,34-,35-,36+/m0/s1. The average molecular weight is 714 g/mol. The van der Waals surface area contributed by atoms with Crippen LogP contribution in [0.2, 0.25) is 0 Å². The Morgan fingerprint density at radius 1 is 1.08 bits per heavy atom. The van der Waals surface area contributed by atoms with E-state index in [2.05, 4.69) is 55.3 Å². The van der Waals surface area contributed by atoms with Crippen molar-refractivity contribution in [3.63, 3.8) is 0 Å². The van der Waals surface area contributed by atoms with Gasteiger partial charge in [-0.1, -0.05) is 78.6 Å². The van der Waals surface area contributed by atoms with Gasteiger partial charge < -0.3 is 30.3 Å². The summed E-state index contributed by atoms with van der Waals surface area (Å²) < 4.78 is 12.0. The van der Waals surface area contributed by atoms with E-state index in [0.717, 1.165) is 49.1 Å². The summed E-state index contributed by atoms with van der Waals surface area (Å²) in [5.41, 5.74) is 8.72. The van der Waals surface area contributed by atoms with Crippen LogP contribution in [0, 0.1) is 17.8 Å². The highest BCUT2D eigenvalue weighted by Crippen LogP contribution is 2.30. The first kappa shape index (κ1) is 41.6. The number of nitrogens with two attached hydrogens (primary N) is 1. The number of methoxy groups -OCH3 is 2. The Hall–Kier alpha value is -2.86. The number of unbranched alkanes of at least 4 members (excludes halogenated alkanes) is 1. The third-order valence-corrected chi connectivity index (χ3v) is 11.5. The topological polar surface area (TPSA) is 127 Å². The fraction of sp³-hybridized carbons (Fsp3) is 0.692. The molecule has 280 valence electrons. The summed E-state index contributed by atoms with van der Waals surface area (Å²) in [7, 11) is 4.97. The van der Waals surface area contributed by atoms with Gasteiger partial charge in [0.05, 0.1) is 48.7 Å². The molecule has 11 heteroatoms. The zero-order valence-corrected chi connectivity index (χ0v) is 32.7. The lowest BCUT2D eigenvalue weighted by atomic mass is 9.89. The minimum atomic E-state index is -0.635. The van der Waals surface area contributed by atoms with Crippen LogP contribution in [-0.2, 0) is 36.7 Å². The molecule has 0 spiro atoms. The van der Waals surface area contributed by atoms with Gasteiger partial charge in [-0.15, -0.1) is 11.3 Å². The molecular formula is C39H63N5O5S. The first-order chi connectivity index (χ1) is 23.9. The number of likely N-dealkylation sites (N-methyl/N-ethyl adjacent to an activating group) is 1. The number of benzene rings is 1. The monoisotopic (exact) mass is 713 g/mol. The van der Waals surface area contributed by atoms with Crippen molar-refractivity contribution in [1.82, 2.24) is 20.1 Å². The van der Waals surface area contributed by atoms with Gasteiger partial charge in [0.2, 0.25) is 17.7 Å². The molecule has 0 saturated carbocycles. The number of thiazole rings is 1. The summed E-state index contributed by atoms with van der Waals surface area (Å²) in [5, 5.41) is 6.05. The Morgan fingerprint density at radius 3 is 2.32 bits per heavy atom. The Labute approximate surface area is 304 Å². The van der Waals surface area contributed by atoms with Crippen LogP contribution in [0.25, 0.3) is 0 Å². The summed E-state index contributed by atoms with van der Waals surface area (Å²) in [4.78, 5) is 49.4. The van der Waals surface area contributed by atoms with Crippen molar-refractivity contribution in [1.29, 1.82) is 0 Å². The van der Waals surface area contributed by atoms with E-state index in [9.17, 15) is 14.4 Å². The largest absolute Gasteiger partial charge is 0.379 e. The predicted molar refractivity (Wildman–Crippen MR) is 201 cm³/mol. The van der Waals surface area contributed by atoms with Gasteiger partial charge in [0, 0.05) is 39.4 Å². The summed E-state index contributed by atoms with van der Waals surface area (Å²) in [5.74, 6) is -0.818. The van der Waals surface area contributed by atoms with Gasteiger partial charge in [-0.25, -0.2) is 4.98 Å². The first-order valence-electron chi connectivity index (χ1n) is 18.5. The molecule has 0 unspecified atom stereocenters. The Balaban J connectivity index is 1.75. The summed E-state index contributed by atoms with van der Waals surface area (Å²) >= 11 is 1.53. The second kappa shape index (κ2) is 20.2. The summed E-state index contributed by atoms with van der Waals surface area (Å²) in [6.07, 6.45) is 7.22. The maximum Gasteiger partial charge on any atom is 0.239 e. The molecule has 0 radical (unpaired) electrons. The highest BCUT2D eigenvalue weighted by atomic mass is 32.1. The predicted octanol–water partition coefficient (Wildman–Crippen LogP) is 5.79. The van der Waals surface area contributed by atoms with E-state index in [4.69, 9.17) is 15.2 Å². The number of hydrogen-bond donors (Lipinski definition) is 2. The summed E-state index contributed by atoms with van der Waals surface area (Å²) in [6.45, 7) is 12.7. The number of carbonyl (C=O) groups excluding carboxylic acids is 3. The highest BCUT2D eigenvalue weighted by molar-refractivity contribution is 7.09. The third kappa shape index (κ3) is 10.8. The van der Waals surface area contributed by atoms with Crippen LogP contribution in [0.1, 0.15) is 102 Å². The molecule has 8 atom stereocenters. The molecule has 1 aliphatic heterocycles. The molecule has 1 aromatic heterocycles. The van der Waals surface area contributed by atoms with E-state index in [1.54, 1.807) is 32.4 Å². The van der Waals surface area contributed by atoms with Crippen LogP contribution in [-0.4, -0.2) is 90.7 Å². The zero-order chi connectivity index (χ0) is 37.0. The molecule has 10 nitrogen and oxygen atoms in total. The van der Waals surface area contributed by atoms with Crippen LogP contribution < -0.4 is 11.1 Å². The lowest BCUT2D eigenvalue weighted by molar-refractivity contribution is -0.146. The van der Waals surface area contributed by atoms with Crippen molar-refractivity contribution in [3.05, 3.63) is 52.0 Å². The second-order valence-electron chi connectivity index (χ2n) is 14.4. The number of aromatic nitrogens is 1. The van der Waals surface area contributed by atoms with Crippen LogP contribution in [0.15, 0.2) is 35.8 Å². The molecular weight excluding hydrogens is 651 g/mol. The molecule has 1 aliphatic rings. The van der Waals surface area contributed by atoms with Gasteiger partial charge in [-0.3, -0.25) is 14.4 Å². The molecule has 2 heterocycles. The zero-order valence-electron chi connectivity index (χ0n) is 31.9. The quantitative estimate of drug-likeness (QED) is 0.178. The van der Waals surface area contributed by atoms with Crippen molar-refractivity contribution in [3.8, 4) is 0 Å². The van der Waals surface area contributed by atoms with E-state index >= 15 is 0 Å². The van der Waals surface area contributed by atoms with Crippen LogP contribution in [0.3, 0.4) is 0 Å². The van der Waals surface area contributed by atoms with Crippen LogP contribution in [0.4, 0.5) is 0 Å². The van der Waals surface area contributed by atoms with Crippen molar-refractivity contribution < 1.29 is 23.9 Å². The number of ether oxygens (including phenoxy) is 2. The van der Waals surface area contributed by atoms with Gasteiger partial charge in [-0.2, -0.15) is 0 Å². The average Bonchev–Trinajstić information content (AvgIpc) is 3.83. The fourth-order valence-corrected chi connectivity index (χ4v) is 7.88. The second-order valence-corrected chi connectivity index (χ2v) is 15.3. The molecule has 50 heavy (non-hydrogen) atoms. The normalized spacial score (nSPS) is 19.0. The molecule has 0 bridgehead atoms. The molecule has 1 aromatic carbocycles. The van der Waals surface area contributed by atoms with E-state index in [0.29, 0.717) is 13.0 Å². The smallest absolute Gasteiger partial charge is 0.239 e. The Kier molecular flexibility index (Phi) is 16.8. The number of likely N-dealkylation sites (tertiary alicyclic amines) is 1. The molecule has 3 amide bonds. The van der Waals surface area contributed by atoms with Crippen molar-refractivity contribution in [2.24, 2.45) is 23.5 Å². The molecule has 2 aromatic rings. The Bertz CT molecular complexity index is 1320. The van der Waals surface area contributed by atoms with E-state index in [1.807, 2.05) is 31.1 Å². The van der Waals surface area contributed by atoms with Gasteiger partial charge in [0.1, 0.15) is 5.01 Å². The van der Waals surface area contributed by atoms with Crippen LogP contribution in [0.5, 0.6) is 0 Å². The van der Waals surface area contributed by atoms with Gasteiger partial charge in [0.25, 0.3) is 0 Å². The lowest BCUT2D eigenvalue weighted by Crippen LogP contribution is -2.56. The van der Waals surface area contributed by atoms with Gasteiger partial charge >= 0.3 is 0 Å². The van der Waals surface area contributed by atoms with Crippen LogP contribution >= 0.6 is 11.3 Å². The van der Waals surface area contributed by atoms with Gasteiger partial charge in [-0.05, 0) is 55.1 Å². The molecule has 3 rings (SSSR count). The fourth-order valence-electron chi connectivity index (χ4n) is 7.19. The van der Waals surface area contributed by atoms with E-state index in [-0.39, 0.29) is 54.1 Å². The SMILES string of the molecule is CCCCc1ccc(C[C@H](NC(=O)[C@H](C)[C@@H](OC)[C@@H]2CCCN2C(=O)C[C@@H](OC)[C@H]([C@@H](C)CC)N(C)C(=O)[C@@H](N)C(C)C)c2nccs2)cc1. The maximum absolute atomic E-state index is 14.1. The number of nitrogens with one attached hydrogen (secondary N) is 1. The number of rotatable bonds is 20. The van der Waals surface area contributed by atoms with Crippen molar-refractivity contribution in [2.45, 2.75) is 129 Å². The van der Waals surface area contributed by atoms with Gasteiger partial charge in [0.15, 0.2) is 0 Å². The number of nitrogens with zero attached hydrogens (tertiary/aromatic N) is 3.